The summed E-state index contributed by atoms with van der Waals surface area (Å²) in [7, 11) is -2.61. The number of hydrogen-bond acceptors (Lipinski definition) is 4. The third-order valence-electron chi connectivity index (χ3n) is 4.03. The van der Waals surface area contributed by atoms with Gasteiger partial charge in [-0.3, -0.25) is 4.79 Å². The van der Waals surface area contributed by atoms with Gasteiger partial charge in [0.15, 0.2) is 17.3 Å². The number of carbonyl (C=O) groups excluding carboxylic acids is 1. The van der Waals surface area contributed by atoms with E-state index in [-0.39, 0.29) is 36.4 Å². The summed E-state index contributed by atoms with van der Waals surface area (Å²) in [6, 6.07) is 0.817. The highest BCUT2D eigenvalue weighted by molar-refractivity contribution is 7.89. The molecule has 0 aliphatic carbocycles. The van der Waals surface area contributed by atoms with Gasteiger partial charge in [0.1, 0.15) is 17.3 Å². The summed E-state index contributed by atoms with van der Waals surface area (Å²) < 4.78 is 86.9. The second-order valence-corrected chi connectivity index (χ2v) is 7.88. The van der Waals surface area contributed by atoms with Gasteiger partial charge < -0.3 is 14.6 Å². The zero-order valence-corrected chi connectivity index (χ0v) is 16.9. The van der Waals surface area contributed by atoms with Crippen LogP contribution in [0.1, 0.15) is 29.4 Å². The van der Waals surface area contributed by atoms with Crippen LogP contribution in [0.2, 0.25) is 0 Å². The smallest absolute Gasteiger partial charge is 0.276 e. The number of fused-ring (bicyclic) bond motifs is 1. The van der Waals surface area contributed by atoms with E-state index in [0.29, 0.717) is 6.07 Å². The molecule has 0 saturated carbocycles. The number of carbonyl (C=O) groups is 1. The topological polar surface area (TPSA) is 89.4 Å². The molecule has 0 unspecified atom stereocenters. The molecule has 2 aromatic rings. The minimum atomic E-state index is -3.97. The van der Waals surface area contributed by atoms with Gasteiger partial charge in [-0.05, 0) is 19.1 Å². The Morgan fingerprint density at radius 3 is 2.62 bits per heavy atom. The van der Waals surface area contributed by atoms with Gasteiger partial charge in [0.05, 0.1) is 17.3 Å². The average Bonchev–Trinajstić information content (AvgIpc) is 2.87. The number of nitrogens with zero attached hydrogens (tertiary/aromatic N) is 1. The number of anilines is 1. The minimum Gasteiger partial charge on any atom is -0.488 e. The monoisotopic (exact) mass is 455 g/mol. The zero-order valence-electron chi connectivity index (χ0n) is 15.1. The molecular formula is C16H17F4N3O4S2. The third kappa shape index (κ3) is 4.21. The average molecular weight is 455 g/mol. The fourth-order valence-corrected chi connectivity index (χ4v) is 4.21. The lowest BCUT2D eigenvalue weighted by atomic mass is 10.1. The van der Waals surface area contributed by atoms with Gasteiger partial charge in [0, 0.05) is 13.2 Å². The Morgan fingerprint density at radius 2 is 2.00 bits per heavy atom. The van der Waals surface area contributed by atoms with Gasteiger partial charge in [0.25, 0.3) is 12.3 Å². The molecule has 1 atom stereocenters. The Balaban J connectivity index is 0.00000300. The van der Waals surface area contributed by atoms with Crippen LogP contribution in [0.5, 0.6) is 5.75 Å². The van der Waals surface area contributed by atoms with Gasteiger partial charge in [-0.1, -0.05) is 0 Å². The molecule has 0 fully saturated rings. The highest BCUT2D eigenvalue weighted by atomic mass is 32.2. The molecule has 1 aliphatic rings. The molecular weight excluding hydrogens is 438 g/mol. The van der Waals surface area contributed by atoms with Crippen LogP contribution in [0.4, 0.5) is 23.2 Å². The number of alkyl halides is 2. The van der Waals surface area contributed by atoms with E-state index in [2.05, 4.69) is 10.0 Å². The fourth-order valence-electron chi connectivity index (χ4n) is 2.79. The molecule has 0 spiro atoms. The van der Waals surface area contributed by atoms with Crippen molar-refractivity contribution in [1.29, 1.82) is 0 Å². The number of amides is 1. The Hall–Kier alpha value is -2.25. The van der Waals surface area contributed by atoms with Crippen LogP contribution >= 0.6 is 13.5 Å². The molecule has 0 bridgehead atoms. The molecule has 2 N–H and O–H groups in total. The Labute approximate surface area is 170 Å². The summed E-state index contributed by atoms with van der Waals surface area (Å²) in [4.78, 5) is 12.3. The molecule has 160 valence electrons. The number of hydrogen-bond donors (Lipinski definition) is 2. The van der Waals surface area contributed by atoms with Gasteiger partial charge in [-0.15, -0.1) is 0 Å². The van der Waals surface area contributed by atoms with Crippen molar-refractivity contribution in [1.82, 2.24) is 9.29 Å². The number of ether oxygens (including phenoxy) is 1. The summed E-state index contributed by atoms with van der Waals surface area (Å²) >= 11 is 0. The van der Waals surface area contributed by atoms with Crippen molar-refractivity contribution in [2.75, 3.05) is 11.9 Å². The van der Waals surface area contributed by atoms with Crippen LogP contribution in [0, 0.1) is 11.6 Å². The number of sulfonamides is 1. The maximum atomic E-state index is 14.2. The van der Waals surface area contributed by atoms with Gasteiger partial charge in [-0.25, -0.2) is 30.7 Å². The highest BCUT2D eigenvalue weighted by Gasteiger charge is 2.34. The van der Waals surface area contributed by atoms with Crippen molar-refractivity contribution in [2.45, 2.75) is 24.3 Å². The lowest BCUT2D eigenvalue weighted by Crippen LogP contribution is -2.34. The third-order valence-corrected chi connectivity index (χ3v) is 5.62. The summed E-state index contributed by atoms with van der Waals surface area (Å²) in [5.41, 5.74) is -2.42. The lowest BCUT2D eigenvalue weighted by molar-refractivity contribution is 0.101. The van der Waals surface area contributed by atoms with Gasteiger partial charge in [-0.2, -0.15) is 13.5 Å². The standard InChI is InChI=1S/C16H15F4N3O4S.H2S/c1-7-6-27-14-10(28(25,26)22-7)5-23(2)13(14)16(24)21-9-4-3-8(17)11(12(9)18)15(19)20;/h3-5,7,15,22H,6H2,1-2H3,(H,21,24);1H2/t7-;/m0./s1. The first-order chi connectivity index (χ1) is 13.0. The molecule has 1 aliphatic heterocycles. The van der Waals surface area contributed by atoms with E-state index in [1.54, 1.807) is 6.92 Å². The highest BCUT2D eigenvalue weighted by Crippen LogP contribution is 2.34. The molecule has 3 rings (SSSR count). The predicted octanol–water partition coefficient (Wildman–Crippen LogP) is 2.67. The Bertz CT molecular complexity index is 1060. The van der Waals surface area contributed by atoms with E-state index >= 15 is 0 Å². The Morgan fingerprint density at radius 1 is 1.34 bits per heavy atom. The predicted molar refractivity (Wildman–Crippen MR) is 100 cm³/mol. The number of rotatable bonds is 3. The van der Waals surface area contributed by atoms with Crippen molar-refractivity contribution >= 4 is 35.1 Å². The molecule has 2 heterocycles. The number of nitrogens with one attached hydrogen (secondary N) is 2. The van der Waals surface area contributed by atoms with Crippen LogP contribution in [-0.4, -0.2) is 31.5 Å². The van der Waals surface area contributed by atoms with Crippen LogP contribution in [0.15, 0.2) is 23.2 Å². The number of aromatic nitrogens is 1. The summed E-state index contributed by atoms with van der Waals surface area (Å²) in [6.07, 6.45) is -2.29. The molecule has 1 amide bonds. The first kappa shape index (κ1) is 23.0. The van der Waals surface area contributed by atoms with Gasteiger partial charge in [0.2, 0.25) is 10.0 Å². The molecule has 1 aromatic carbocycles. The van der Waals surface area contributed by atoms with Gasteiger partial charge >= 0.3 is 0 Å². The maximum absolute atomic E-state index is 14.2. The largest absolute Gasteiger partial charge is 0.488 e. The summed E-state index contributed by atoms with van der Waals surface area (Å²) in [5.74, 6) is -4.34. The Kier molecular flexibility index (Phi) is 6.55. The molecule has 7 nitrogen and oxygen atoms in total. The number of benzene rings is 1. The molecule has 0 radical (unpaired) electrons. The molecule has 29 heavy (non-hydrogen) atoms. The van der Waals surface area contributed by atoms with E-state index in [9.17, 15) is 30.8 Å². The lowest BCUT2D eigenvalue weighted by Gasteiger charge is -2.13. The van der Waals surface area contributed by atoms with Crippen molar-refractivity contribution < 1.29 is 35.5 Å². The maximum Gasteiger partial charge on any atom is 0.276 e. The van der Waals surface area contributed by atoms with E-state index in [0.717, 1.165) is 16.8 Å². The molecule has 1 aromatic heterocycles. The zero-order chi connectivity index (χ0) is 20.8. The van der Waals surface area contributed by atoms with Crippen LogP contribution in [0.3, 0.4) is 0 Å². The van der Waals surface area contributed by atoms with Crippen LogP contribution in [-0.2, 0) is 17.1 Å². The van der Waals surface area contributed by atoms with Crippen LogP contribution < -0.4 is 14.8 Å². The second kappa shape index (κ2) is 8.24. The van der Waals surface area contributed by atoms with Crippen LogP contribution in [0.25, 0.3) is 0 Å². The van der Waals surface area contributed by atoms with E-state index in [4.69, 9.17) is 4.74 Å². The SMILES string of the molecule is C[C@H]1COc2c(cn(C)c2C(=O)Nc2ccc(F)c(C(F)F)c2F)S(=O)(=O)N1.S. The summed E-state index contributed by atoms with van der Waals surface area (Å²) in [6.45, 7) is 1.49. The van der Waals surface area contributed by atoms with Crippen molar-refractivity contribution in [3.63, 3.8) is 0 Å². The van der Waals surface area contributed by atoms with Crippen molar-refractivity contribution in [3.8, 4) is 5.75 Å². The number of aryl methyl sites for hydroxylation is 1. The first-order valence-electron chi connectivity index (χ1n) is 7.94. The fraction of sp³-hybridized carbons (Fsp3) is 0.312. The van der Waals surface area contributed by atoms with Crippen molar-refractivity contribution in [3.05, 3.63) is 41.2 Å². The quantitative estimate of drug-likeness (QED) is 0.697. The normalized spacial score (nSPS) is 17.7. The summed E-state index contributed by atoms with van der Waals surface area (Å²) in [5, 5.41) is 2.06. The van der Waals surface area contributed by atoms with E-state index < -0.39 is 51.3 Å². The number of halogens is 4. The van der Waals surface area contributed by atoms with E-state index in [1.165, 1.54) is 7.05 Å². The molecule has 13 heteroatoms. The first-order valence-corrected chi connectivity index (χ1v) is 9.43. The molecule has 0 saturated heterocycles. The van der Waals surface area contributed by atoms with Crippen molar-refractivity contribution in [2.24, 2.45) is 7.05 Å². The second-order valence-electron chi connectivity index (χ2n) is 6.19. The minimum absolute atomic E-state index is 0. The van der Waals surface area contributed by atoms with E-state index in [1.807, 2.05) is 0 Å².